The smallest absolute Gasteiger partial charge is 0.0492 e. The molecule has 0 spiro atoms. The van der Waals surface area contributed by atoms with Crippen molar-refractivity contribution in [2.45, 2.75) is 27.2 Å². The van der Waals surface area contributed by atoms with Gasteiger partial charge in [-0.3, -0.25) is 0 Å². The molecule has 0 bridgehead atoms. The van der Waals surface area contributed by atoms with Gasteiger partial charge in [0.2, 0.25) is 0 Å². The quantitative estimate of drug-likeness (QED) is 0.514. The average molecular weight is 150 g/mol. The van der Waals surface area contributed by atoms with Crippen LogP contribution in [0.1, 0.15) is 27.2 Å². The molecule has 0 aromatic rings. The van der Waals surface area contributed by atoms with Gasteiger partial charge < -0.3 is 4.74 Å². The van der Waals surface area contributed by atoms with Crippen molar-refractivity contribution in [2.24, 2.45) is 5.92 Å². The summed E-state index contributed by atoms with van der Waals surface area (Å²) in [6.07, 6.45) is 1.26. The maximum absolute atomic E-state index is 5.06. The van der Waals surface area contributed by atoms with Gasteiger partial charge in [-0.15, -0.1) is 0 Å². The summed E-state index contributed by atoms with van der Waals surface area (Å²) in [6.45, 7) is 8.19. The van der Waals surface area contributed by atoms with Crippen LogP contribution < -0.4 is 0 Å². The SMILES string of the molecule is CC.CC1CCOC1.S. The molecule has 1 heterocycles. The zero-order chi connectivity index (χ0) is 6.41. The van der Waals surface area contributed by atoms with Gasteiger partial charge in [-0.25, -0.2) is 0 Å². The van der Waals surface area contributed by atoms with Crippen LogP contribution in [0.5, 0.6) is 0 Å². The highest BCUT2D eigenvalue weighted by Crippen LogP contribution is 2.09. The summed E-state index contributed by atoms with van der Waals surface area (Å²) in [6, 6.07) is 0. The molecular weight excluding hydrogens is 132 g/mol. The van der Waals surface area contributed by atoms with Crippen LogP contribution in [0.3, 0.4) is 0 Å². The minimum atomic E-state index is 0. The number of hydrogen-bond acceptors (Lipinski definition) is 1. The third-order valence-corrected chi connectivity index (χ3v) is 1.16. The lowest BCUT2D eigenvalue weighted by Crippen LogP contribution is -1.88. The summed E-state index contributed by atoms with van der Waals surface area (Å²) in [5, 5.41) is 0. The Labute approximate surface area is 65.2 Å². The lowest BCUT2D eigenvalue weighted by molar-refractivity contribution is 0.188. The molecule has 0 aromatic carbocycles. The van der Waals surface area contributed by atoms with Crippen molar-refractivity contribution in [3.63, 3.8) is 0 Å². The van der Waals surface area contributed by atoms with E-state index in [1.807, 2.05) is 13.8 Å². The van der Waals surface area contributed by atoms with Crippen molar-refractivity contribution in [1.82, 2.24) is 0 Å². The Hall–Kier alpha value is 0.310. The minimum absolute atomic E-state index is 0. The zero-order valence-electron chi connectivity index (χ0n) is 6.61. The van der Waals surface area contributed by atoms with E-state index in [9.17, 15) is 0 Å². The van der Waals surface area contributed by atoms with Crippen LogP contribution in [0.4, 0.5) is 0 Å². The zero-order valence-corrected chi connectivity index (χ0v) is 7.61. The predicted octanol–water partition coefficient (Wildman–Crippen LogP) is 2.18. The van der Waals surface area contributed by atoms with Crippen molar-refractivity contribution in [3.8, 4) is 0 Å². The molecule has 1 atom stereocenters. The fraction of sp³-hybridized carbons (Fsp3) is 1.00. The first-order chi connectivity index (χ1) is 3.89. The van der Waals surface area contributed by atoms with Crippen LogP contribution in [-0.2, 0) is 4.74 Å². The van der Waals surface area contributed by atoms with E-state index in [1.165, 1.54) is 6.42 Å². The van der Waals surface area contributed by atoms with Crippen LogP contribution >= 0.6 is 13.5 Å². The molecule has 0 aliphatic carbocycles. The van der Waals surface area contributed by atoms with E-state index in [2.05, 4.69) is 6.92 Å². The summed E-state index contributed by atoms with van der Waals surface area (Å²) in [5.41, 5.74) is 0. The molecule has 1 fully saturated rings. The van der Waals surface area contributed by atoms with Gasteiger partial charge in [0, 0.05) is 13.2 Å². The molecule has 1 aliphatic rings. The van der Waals surface area contributed by atoms with Crippen molar-refractivity contribution < 1.29 is 4.74 Å². The molecule has 1 unspecified atom stereocenters. The van der Waals surface area contributed by atoms with Crippen molar-refractivity contribution >= 4 is 13.5 Å². The molecule has 1 nitrogen and oxygen atoms in total. The molecule has 58 valence electrons. The molecule has 0 radical (unpaired) electrons. The Morgan fingerprint density at radius 2 is 1.89 bits per heavy atom. The van der Waals surface area contributed by atoms with Gasteiger partial charge in [0.05, 0.1) is 0 Å². The molecule has 1 rings (SSSR count). The summed E-state index contributed by atoms with van der Waals surface area (Å²) in [7, 11) is 0. The van der Waals surface area contributed by atoms with Crippen molar-refractivity contribution in [3.05, 3.63) is 0 Å². The van der Waals surface area contributed by atoms with Crippen LogP contribution in [0.25, 0.3) is 0 Å². The standard InChI is InChI=1S/C5H10O.C2H6.H2S/c1-5-2-3-6-4-5;1-2;/h5H,2-4H2,1H3;1-2H3;1H2. The highest BCUT2D eigenvalue weighted by Gasteiger charge is 2.07. The van der Waals surface area contributed by atoms with E-state index in [1.54, 1.807) is 0 Å². The summed E-state index contributed by atoms with van der Waals surface area (Å²) < 4.78 is 5.06. The maximum Gasteiger partial charge on any atom is 0.0492 e. The van der Waals surface area contributed by atoms with Crippen LogP contribution in [0.2, 0.25) is 0 Å². The lowest BCUT2D eigenvalue weighted by Gasteiger charge is -1.89. The Balaban J connectivity index is 0. The highest BCUT2D eigenvalue weighted by atomic mass is 32.1. The first-order valence-electron chi connectivity index (χ1n) is 3.47. The van der Waals surface area contributed by atoms with Crippen molar-refractivity contribution in [2.75, 3.05) is 13.2 Å². The fourth-order valence-corrected chi connectivity index (χ4v) is 0.652. The monoisotopic (exact) mass is 150 g/mol. The van der Waals surface area contributed by atoms with E-state index in [0.29, 0.717) is 0 Å². The van der Waals surface area contributed by atoms with Crippen LogP contribution in [0, 0.1) is 5.92 Å². The predicted molar refractivity (Wildman–Crippen MR) is 46.3 cm³/mol. The molecule has 9 heavy (non-hydrogen) atoms. The number of rotatable bonds is 0. The van der Waals surface area contributed by atoms with Gasteiger partial charge >= 0.3 is 0 Å². The minimum Gasteiger partial charge on any atom is -0.381 e. The molecule has 0 aromatic heterocycles. The average Bonchev–Trinajstić information content (AvgIpc) is 2.24. The first kappa shape index (κ1) is 12.0. The third-order valence-electron chi connectivity index (χ3n) is 1.16. The Morgan fingerprint density at radius 1 is 1.33 bits per heavy atom. The van der Waals surface area contributed by atoms with Gasteiger partial charge in [0.15, 0.2) is 0 Å². The second-order valence-electron chi connectivity index (χ2n) is 1.97. The van der Waals surface area contributed by atoms with Crippen molar-refractivity contribution in [1.29, 1.82) is 0 Å². The normalized spacial score (nSPS) is 23.7. The Kier molecular flexibility index (Phi) is 11.1. The Morgan fingerprint density at radius 3 is 2.00 bits per heavy atom. The summed E-state index contributed by atoms with van der Waals surface area (Å²) >= 11 is 0. The van der Waals surface area contributed by atoms with Gasteiger partial charge in [-0.05, 0) is 12.3 Å². The fourth-order valence-electron chi connectivity index (χ4n) is 0.652. The van der Waals surface area contributed by atoms with Crippen LogP contribution in [0.15, 0.2) is 0 Å². The maximum atomic E-state index is 5.06. The third kappa shape index (κ3) is 6.19. The highest BCUT2D eigenvalue weighted by molar-refractivity contribution is 7.59. The molecule has 0 amide bonds. The first-order valence-corrected chi connectivity index (χ1v) is 3.47. The molecule has 1 saturated heterocycles. The van der Waals surface area contributed by atoms with Gasteiger partial charge in [0.1, 0.15) is 0 Å². The van der Waals surface area contributed by atoms with E-state index in [0.717, 1.165) is 19.1 Å². The van der Waals surface area contributed by atoms with E-state index >= 15 is 0 Å². The lowest BCUT2D eigenvalue weighted by atomic mass is 10.2. The van der Waals surface area contributed by atoms with E-state index in [-0.39, 0.29) is 13.5 Å². The molecule has 1 aliphatic heterocycles. The van der Waals surface area contributed by atoms with E-state index in [4.69, 9.17) is 4.74 Å². The second kappa shape index (κ2) is 8.31. The molecule has 0 N–H and O–H groups in total. The number of hydrogen-bond donors (Lipinski definition) is 0. The van der Waals surface area contributed by atoms with Gasteiger partial charge in [-0.1, -0.05) is 20.8 Å². The van der Waals surface area contributed by atoms with Gasteiger partial charge in [0.25, 0.3) is 0 Å². The van der Waals surface area contributed by atoms with E-state index < -0.39 is 0 Å². The summed E-state index contributed by atoms with van der Waals surface area (Å²) in [4.78, 5) is 0. The van der Waals surface area contributed by atoms with Gasteiger partial charge in [-0.2, -0.15) is 13.5 Å². The summed E-state index contributed by atoms with van der Waals surface area (Å²) in [5.74, 6) is 0.824. The number of ether oxygens (including phenoxy) is 1. The topological polar surface area (TPSA) is 9.23 Å². The Bertz CT molecular complexity index is 42.2. The second-order valence-corrected chi connectivity index (χ2v) is 1.97. The molecular formula is C7H18OS. The van der Waals surface area contributed by atoms with Crippen LogP contribution in [-0.4, -0.2) is 13.2 Å². The largest absolute Gasteiger partial charge is 0.381 e. The molecule has 2 heteroatoms. The molecule has 0 saturated carbocycles.